The number of carbonyl (C=O) groups excluding carboxylic acids is 5. The maximum Gasteiger partial charge on any atom is 0.334 e. The summed E-state index contributed by atoms with van der Waals surface area (Å²) in [6, 6.07) is -1.54. The molecule has 23 heavy (non-hydrogen) atoms. The van der Waals surface area contributed by atoms with Gasteiger partial charge in [0.2, 0.25) is 5.91 Å². The average molecular weight is 324 g/mol. The van der Waals surface area contributed by atoms with E-state index >= 15 is 0 Å². The molecule has 0 spiro atoms. The molecule has 2 N–H and O–H groups in total. The van der Waals surface area contributed by atoms with Crippen LogP contribution in [-0.2, 0) is 14.4 Å². The van der Waals surface area contributed by atoms with Gasteiger partial charge in [-0.05, 0) is 18.8 Å². The van der Waals surface area contributed by atoms with Gasteiger partial charge in [-0.25, -0.2) is 14.5 Å². The molecule has 0 bridgehead atoms. The minimum Gasteiger partial charge on any atom is -0.335 e. The number of nitrogens with zero attached hydrogens (tertiary/aromatic N) is 2. The maximum atomic E-state index is 11.8. The first-order valence-electron chi connectivity index (χ1n) is 7.55. The first-order valence-corrected chi connectivity index (χ1v) is 7.55. The zero-order valence-electron chi connectivity index (χ0n) is 13.1. The van der Waals surface area contributed by atoms with Gasteiger partial charge in [-0.3, -0.25) is 24.6 Å². The van der Waals surface area contributed by atoms with Crippen LogP contribution in [0.3, 0.4) is 0 Å². The molecule has 2 rings (SSSR count). The van der Waals surface area contributed by atoms with Crippen LogP contribution < -0.4 is 10.6 Å². The third-order valence-corrected chi connectivity index (χ3v) is 4.23. The van der Waals surface area contributed by atoms with Crippen molar-refractivity contribution in [2.24, 2.45) is 5.92 Å². The number of rotatable bonds is 3. The number of nitrogens with one attached hydrogen (secondary N) is 2. The van der Waals surface area contributed by atoms with Gasteiger partial charge in [-0.2, -0.15) is 0 Å². The first kappa shape index (κ1) is 16.9. The lowest BCUT2D eigenvalue weighted by Crippen LogP contribution is -2.50. The fourth-order valence-electron chi connectivity index (χ4n) is 2.80. The largest absolute Gasteiger partial charge is 0.335 e. The van der Waals surface area contributed by atoms with Crippen LogP contribution in [0, 0.1) is 5.92 Å². The molecule has 1 saturated carbocycles. The van der Waals surface area contributed by atoms with Crippen LogP contribution in [0.2, 0.25) is 0 Å². The van der Waals surface area contributed by atoms with Gasteiger partial charge in [-0.1, -0.05) is 19.8 Å². The van der Waals surface area contributed by atoms with Gasteiger partial charge in [0, 0.05) is 13.1 Å². The molecule has 1 aliphatic heterocycles. The summed E-state index contributed by atoms with van der Waals surface area (Å²) in [4.78, 5) is 59.3. The maximum absolute atomic E-state index is 11.8. The molecule has 7 amide bonds. The van der Waals surface area contributed by atoms with E-state index in [-0.39, 0.29) is 6.04 Å². The molecule has 1 saturated heterocycles. The van der Waals surface area contributed by atoms with Gasteiger partial charge >= 0.3 is 23.9 Å². The first-order chi connectivity index (χ1) is 10.8. The van der Waals surface area contributed by atoms with Crippen LogP contribution in [-0.4, -0.2) is 59.2 Å². The Bertz CT molecular complexity index is 561. The molecule has 2 fully saturated rings. The summed E-state index contributed by atoms with van der Waals surface area (Å²) in [6.07, 6.45) is 4.02. The Morgan fingerprint density at radius 2 is 1.78 bits per heavy atom. The highest BCUT2D eigenvalue weighted by Crippen LogP contribution is 2.23. The molecule has 0 unspecified atom stereocenters. The molecule has 1 heterocycles. The van der Waals surface area contributed by atoms with Gasteiger partial charge in [0.15, 0.2) is 0 Å². The second kappa shape index (κ2) is 6.76. The van der Waals surface area contributed by atoms with Crippen molar-refractivity contribution in [2.45, 2.75) is 38.6 Å². The van der Waals surface area contributed by atoms with Crippen molar-refractivity contribution in [2.75, 3.05) is 13.6 Å². The molecule has 0 aromatic heterocycles. The number of amides is 7. The SMILES string of the molecule is C[C@@H]1CCCC[C@H]1NC(=O)NC(=O)CN1C(=O)C(=O)N(C)C1=O. The summed E-state index contributed by atoms with van der Waals surface area (Å²) in [5.41, 5.74) is 0. The van der Waals surface area contributed by atoms with Gasteiger partial charge in [0.05, 0.1) is 0 Å². The van der Waals surface area contributed by atoms with E-state index in [4.69, 9.17) is 0 Å². The van der Waals surface area contributed by atoms with Crippen LogP contribution in [0.25, 0.3) is 0 Å². The van der Waals surface area contributed by atoms with E-state index in [2.05, 4.69) is 10.6 Å². The van der Waals surface area contributed by atoms with Crippen molar-refractivity contribution < 1.29 is 24.0 Å². The van der Waals surface area contributed by atoms with E-state index < -0.39 is 36.3 Å². The van der Waals surface area contributed by atoms with Crippen LogP contribution in [0.15, 0.2) is 0 Å². The van der Waals surface area contributed by atoms with E-state index in [1.807, 2.05) is 6.92 Å². The van der Waals surface area contributed by atoms with Crippen molar-refractivity contribution in [3.8, 4) is 0 Å². The number of carbonyl (C=O) groups is 5. The lowest BCUT2D eigenvalue weighted by atomic mass is 9.86. The fourth-order valence-corrected chi connectivity index (χ4v) is 2.80. The molecular weight excluding hydrogens is 304 g/mol. The third kappa shape index (κ3) is 3.66. The topological polar surface area (TPSA) is 116 Å². The lowest BCUT2D eigenvalue weighted by molar-refractivity contribution is -0.143. The molecule has 1 aliphatic carbocycles. The molecular formula is C14H20N4O5. The minimum atomic E-state index is -1.08. The Morgan fingerprint density at radius 3 is 2.35 bits per heavy atom. The fraction of sp³-hybridized carbons (Fsp3) is 0.643. The van der Waals surface area contributed by atoms with Crippen LogP contribution in [0.5, 0.6) is 0 Å². The van der Waals surface area contributed by atoms with Crippen molar-refractivity contribution in [1.82, 2.24) is 20.4 Å². The lowest BCUT2D eigenvalue weighted by Gasteiger charge is -2.29. The van der Waals surface area contributed by atoms with E-state index in [1.165, 1.54) is 0 Å². The Morgan fingerprint density at radius 1 is 1.13 bits per heavy atom. The number of likely N-dealkylation sites (N-methyl/N-ethyl adjacent to an activating group) is 1. The summed E-state index contributed by atoms with van der Waals surface area (Å²) < 4.78 is 0. The summed E-state index contributed by atoms with van der Waals surface area (Å²) in [5.74, 6) is -2.56. The summed E-state index contributed by atoms with van der Waals surface area (Å²) >= 11 is 0. The van der Waals surface area contributed by atoms with Gasteiger partial charge in [0.1, 0.15) is 6.54 Å². The van der Waals surface area contributed by atoms with Crippen molar-refractivity contribution in [1.29, 1.82) is 0 Å². The van der Waals surface area contributed by atoms with E-state index in [0.717, 1.165) is 32.7 Å². The number of urea groups is 2. The van der Waals surface area contributed by atoms with Gasteiger partial charge in [-0.15, -0.1) is 0 Å². The van der Waals surface area contributed by atoms with E-state index in [0.29, 0.717) is 15.7 Å². The third-order valence-electron chi connectivity index (χ3n) is 4.23. The molecule has 126 valence electrons. The second-order valence-electron chi connectivity index (χ2n) is 5.93. The molecule has 0 aromatic carbocycles. The average Bonchev–Trinajstić information content (AvgIpc) is 2.67. The molecule has 0 aromatic rings. The second-order valence-corrected chi connectivity index (χ2v) is 5.93. The van der Waals surface area contributed by atoms with Crippen molar-refractivity contribution in [3.05, 3.63) is 0 Å². The number of hydrogen-bond acceptors (Lipinski definition) is 5. The normalized spacial score (nSPS) is 24.9. The monoisotopic (exact) mass is 324 g/mol. The Balaban J connectivity index is 1.85. The Hall–Kier alpha value is -2.45. The highest BCUT2D eigenvalue weighted by molar-refractivity contribution is 6.44. The van der Waals surface area contributed by atoms with E-state index in [1.54, 1.807) is 0 Å². The smallest absolute Gasteiger partial charge is 0.334 e. The van der Waals surface area contributed by atoms with E-state index in [9.17, 15) is 24.0 Å². The Kier molecular flexibility index (Phi) is 4.97. The van der Waals surface area contributed by atoms with Gasteiger partial charge in [0.25, 0.3) is 0 Å². The molecule has 9 nitrogen and oxygen atoms in total. The predicted octanol–water partition coefficient (Wildman–Crippen LogP) is -0.188. The van der Waals surface area contributed by atoms with Crippen molar-refractivity contribution >= 4 is 29.8 Å². The zero-order chi connectivity index (χ0) is 17.1. The predicted molar refractivity (Wildman–Crippen MR) is 78.0 cm³/mol. The highest BCUT2D eigenvalue weighted by Gasteiger charge is 2.43. The summed E-state index contributed by atoms with van der Waals surface area (Å²) in [6.45, 7) is 1.37. The van der Waals surface area contributed by atoms with Crippen LogP contribution in [0.4, 0.5) is 9.59 Å². The molecule has 9 heteroatoms. The standard InChI is InChI=1S/C14H20N4O5/c1-8-5-3-4-6-9(8)15-13(22)16-10(19)7-18-12(21)11(20)17(2)14(18)23/h8-9H,3-7H2,1-2H3,(H2,15,16,19,22)/t8-,9-/m1/s1. The highest BCUT2D eigenvalue weighted by atomic mass is 16.2. The van der Waals surface area contributed by atoms with Crippen LogP contribution >= 0.6 is 0 Å². The summed E-state index contributed by atoms with van der Waals surface area (Å²) in [7, 11) is 1.15. The number of imide groups is 3. The Labute approximate surface area is 133 Å². The summed E-state index contributed by atoms with van der Waals surface area (Å²) in [5, 5.41) is 4.81. The minimum absolute atomic E-state index is 0.000637. The molecule has 2 aliphatic rings. The number of hydrogen-bond donors (Lipinski definition) is 2. The van der Waals surface area contributed by atoms with Gasteiger partial charge < -0.3 is 5.32 Å². The van der Waals surface area contributed by atoms with Crippen molar-refractivity contribution in [3.63, 3.8) is 0 Å². The molecule has 0 radical (unpaired) electrons. The van der Waals surface area contributed by atoms with Crippen LogP contribution in [0.1, 0.15) is 32.6 Å². The molecule has 2 atom stereocenters. The zero-order valence-corrected chi connectivity index (χ0v) is 13.1. The quantitative estimate of drug-likeness (QED) is 0.551.